The van der Waals surface area contributed by atoms with Gasteiger partial charge in [0.05, 0.1) is 5.36 Å². The molecule has 0 fully saturated rings. The molecule has 0 atom stereocenters. The zero-order valence-corrected chi connectivity index (χ0v) is 18.1. The van der Waals surface area contributed by atoms with Crippen LogP contribution in [-0.2, 0) is 6.42 Å². The van der Waals surface area contributed by atoms with Crippen LogP contribution >= 0.6 is 0 Å². The van der Waals surface area contributed by atoms with Crippen molar-refractivity contribution in [2.45, 2.75) is 52.4 Å². The van der Waals surface area contributed by atoms with Crippen molar-refractivity contribution in [1.82, 2.24) is 0 Å². The summed E-state index contributed by atoms with van der Waals surface area (Å²) in [5, 5.41) is 2.36. The zero-order valence-electron chi connectivity index (χ0n) is 18.1. The number of hydrogen-bond donors (Lipinski definition) is 0. The Morgan fingerprint density at radius 2 is 1.93 bits per heavy atom. The van der Waals surface area contributed by atoms with E-state index in [-0.39, 0.29) is 0 Å². The molecule has 0 aromatic heterocycles. The van der Waals surface area contributed by atoms with E-state index in [1.165, 1.54) is 39.6 Å². The van der Waals surface area contributed by atoms with Crippen LogP contribution in [0.3, 0.4) is 0 Å². The van der Waals surface area contributed by atoms with Crippen molar-refractivity contribution < 1.29 is 0 Å². The molecule has 148 valence electrons. The van der Waals surface area contributed by atoms with Crippen LogP contribution in [0.25, 0.3) is 5.57 Å². The highest BCUT2D eigenvalue weighted by atomic mass is 15.1. The van der Waals surface area contributed by atoms with Gasteiger partial charge in [0, 0.05) is 31.5 Å². The Hall–Kier alpha value is -2.35. The van der Waals surface area contributed by atoms with E-state index in [2.05, 4.69) is 88.3 Å². The summed E-state index contributed by atoms with van der Waals surface area (Å²) in [4.78, 5) is 7.14. The van der Waals surface area contributed by atoms with Crippen molar-refractivity contribution in [3.05, 3.63) is 75.8 Å². The van der Waals surface area contributed by atoms with Crippen LogP contribution in [0.1, 0.15) is 62.6 Å². The number of fused-ring (bicyclic) bond motifs is 2. The van der Waals surface area contributed by atoms with Crippen LogP contribution in [-0.4, -0.2) is 20.6 Å². The molecule has 28 heavy (non-hydrogen) atoms. The smallest absolute Gasteiger partial charge is 0.0673 e. The Labute approximate surface area is 170 Å². The third kappa shape index (κ3) is 4.55. The lowest BCUT2D eigenvalue weighted by molar-refractivity contribution is 0.809. The van der Waals surface area contributed by atoms with Crippen LogP contribution in [0.4, 0.5) is 5.69 Å². The van der Waals surface area contributed by atoms with Gasteiger partial charge in [-0.15, -0.1) is 0 Å². The van der Waals surface area contributed by atoms with Gasteiger partial charge >= 0.3 is 0 Å². The third-order valence-corrected chi connectivity index (χ3v) is 5.50. The molecule has 0 aliphatic carbocycles. The first-order valence-corrected chi connectivity index (χ1v) is 10.7. The van der Waals surface area contributed by atoms with Crippen molar-refractivity contribution in [3.63, 3.8) is 0 Å². The highest BCUT2D eigenvalue weighted by molar-refractivity contribution is 5.76. The highest BCUT2D eigenvalue weighted by Crippen LogP contribution is 2.25. The number of allylic oxidation sites excluding steroid dienone is 2. The first kappa shape index (κ1) is 20.4. The molecule has 2 heteroatoms. The predicted molar refractivity (Wildman–Crippen MR) is 122 cm³/mol. The van der Waals surface area contributed by atoms with E-state index in [0.29, 0.717) is 5.92 Å². The maximum absolute atomic E-state index is 4.99. The lowest BCUT2D eigenvalue weighted by Crippen LogP contribution is -2.29. The van der Waals surface area contributed by atoms with Gasteiger partial charge in [-0.2, -0.15) is 0 Å². The van der Waals surface area contributed by atoms with E-state index in [4.69, 9.17) is 4.99 Å². The standard InChI is InChI=1S/C26H34N2/c1-6-7-8-11-24-23-14-12-20(19(2)3)17-21(23)10-9-16-27-26-18-22(28(4)5)13-15-25(24)26/h8,11-15,17-19H,6-7,9-10,16H2,1-5H3. The first-order chi connectivity index (χ1) is 13.5. The summed E-state index contributed by atoms with van der Waals surface area (Å²) in [5.74, 6) is 0.552. The number of anilines is 1. The van der Waals surface area contributed by atoms with E-state index in [1.54, 1.807) is 0 Å². The predicted octanol–water partition coefficient (Wildman–Crippen LogP) is 5.00. The lowest BCUT2D eigenvalue weighted by Gasteiger charge is -2.15. The van der Waals surface area contributed by atoms with Gasteiger partial charge in [0.15, 0.2) is 0 Å². The summed E-state index contributed by atoms with van der Waals surface area (Å²) < 4.78 is 0. The first-order valence-electron chi connectivity index (χ1n) is 10.7. The van der Waals surface area contributed by atoms with E-state index >= 15 is 0 Å². The molecule has 0 spiro atoms. The summed E-state index contributed by atoms with van der Waals surface area (Å²) in [6.45, 7) is 7.65. The highest BCUT2D eigenvalue weighted by Gasteiger charge is 2.12. The van der Waals surface area contributed by atoms with Gasteiger partial charge in [-0.05, 0) is 59.6 Å². The Balaban J connectivity index is 2.31. The van der Waals surface area contributed by atoms with Gasteiger partial charge in [-0.25, -0.2) is 0 Å². The summed E-state index contributed by atoms with van der Waals surface area (Å²) in [7, 11) is 4.18. The second-order valence-corrected chi connectivity index (χ2v) is 8.26. The number of nitrogens with zero attached hydrogens (tertiary/aromatic N) is 2. The SMILES string of the molecule is CCCC=CC1=c2ccc(N(C)C)cc2=NCCCc2cc(C(C)C)ccc21. The van der Waals surface area contributed by atoms with Gasteiger partial charge in [0.1, 0.15) is 0 Å². The molecule has 0 bridgehead atoms. The van der Waals surface area contributed by atoms with Crippen molar-refractivity contribution in [2.75, 3.05) is 25.5 Å². The maximum atomic E-state index is 4.99. The Morgan fingerprint density at radius 3 is 2.64 bits per heavy atom. The summed E-state index contributed by atoms with van der Waals surface area (Å²) in [6.07, 6.45) is 9.08. The molecule has 1 heterocycles. The Kier molecular flexibility index (Phi) is 6.72. The normalized spacial score (nSPS) is 14.1. The molecule has 0 amide bonds. The number of benzene rings is 2. The quantitative estimate of drug-likeness (QED) is 0.719. The van der Waals surface area contributed by atoms with Gasteiger partial charge in [-0.3, -0.25) is 4.99 Å². The second kappa shape index (κ2) is 9.23. The maximum Gasteiger partial charge on any atom is 0.0673 e. The minimum absolute atomic E-state index is 0.552. The van der Waals surface area contributed by atoms with Crippen LogP contribution in [0.2, 0.25) is 0 Å². The fourth-order valence-electron chi connectivity index (χ4n) is 3.76. The second-order valence-electron chi connectivity index (χ2n) is 8.26. The lowest BCUT2D eigenvalue weighted by atomic mass is 9.90. The Bertz CT molecular complexity index is 964. The molecule has 1 aliphatic heterocycles. The molecule has 2 aromatic carbocycles. The number of aryl methyl sites for hydroxylation is 1. The average Bonchev–Trinajstić information content (AvgIpc) is 2.75. The van der Waals surface area contributed by atoms with E-state index in [9.17, 15) is 0 Å². The van der Waals surface area contributed by atoms with Gasteiger partial charge in [0.25, 0.3) is 0 Å². The van der Waals surface area contributed by atoms with Gasteiger partial charge in [0.2, 0.25) is 0 Å². The molecule has 0 saturated carbocycles. The molecule has 0 N–H and O–H groups in total. The zero-order chi connectivity index (χ0) is 20.1. The molecule has 3 rings (SSSR count). The Morgan fingerprint density at radius 1 is 1.11 bits per heavy atom. The summed E-state index contributed by atoms with van der Waals surface area (Å²) >= 11 is 0. The minimum Gasteiger partial charge on any atom is -0.378 e. The van der Waals surface area contributed by atoms with Crippen molar-refractivity contribution in [1.29, 1.82) is 0 Å². The van der Waals surface area contributed by atoms with Crippen molar-refractivity contribution >= 4 is 11.3 Å². The average molecular weight is 375 g/mol. The molecule has 2 nitrogen and oxygen atoms in total. The number of rotatable bonds is 5. The van der Waals surface area contributed by atoms with Crippen LogP contribution in [0.5, 0.6) is 0 Å². The molecule has 2 aromatic rings. The number of unbranched alkanes of at least 4 members (excludes halogenated alkanes) is 1. The molecule has 0 saturated heterocycles. The topological polar surface area (TPSA) is 15.6 Å². The van der Waals surface area contributed by atoms with E-state index in [0.717, 1.165) is 31.2 Å². The molecule has 1 aliphatic rings. The van der Waals surface area contributed by atoms with Crippen molar-refractivity contribution in [3.8, 4) is 0 Å². The molecular weight excluding hydrogens is 340 g/mol. The summed E-state index contributed by atoms with van der Waals surface area (Å²) in [6, 6.07) is 13.8. The fraction of sp³-hybridized carbons (Fsp3) is 0.423. The van der Waals surface area contributed by atoms with E-state index < -0.39 is 0 Å². The fourth-order valence-corrected chi connectivity index (χ4v) is 3.76. The molecule has 0 unspecified atom stereocenters. The monoisotopic (exact) mass is 374 g/mol. The summed E-state index contributed by atoms with van der Waals surface area (Å²) in [5.41, 5.74) is 6.77. The van der Waals surface area contributed by atoms with Crippen LogP contribution < -0.4 is 15.5 Å². The van der Waals surface area contributed by atoms with Gasteiger partial charge < -0.3 is 4.90 Å². The van der Waals surface area contributed by atoms with Crippen LogP contribution in [0.15, 0.2) is 53.5 Å². The third-order valence-electron chi connectivity index (χ3n) is 5.50. The minimum atomic E-state index is 0.552. The largest absolute Gasteiger partial charge is 0.378 e. The number of hydrogen-bond acceptors (Lipinski definition) is 2. The van der Waals surface area contributed by atoms with Gasteiger partial charge in [-0.1, -0.05) is 63.6 Å². The van der Waals surface area contributed by atoms with Crippen molar-refractivity contribution in [2.24, 2.45) is 4.99 Å². The van der Waals surface area contributed by atoms with Crippen LogP contribution in [0, 0.1) is 0 Å². The van der Waals surface area contributed by atoms with E-state index in [1.807, 2.05) is 0 Å². The molecular formula is C26H34N2. The molecule has 0 radical (unpaired) electrons.